The maximum atomic E-state index is 12.3. The Kier molecular flexibility index (Phi) is 4.42. The predicted molar refractivity (Wildman–Crippen MR) is 78.1 cm³/mol. The smallest absolute Gasteiger partial charge is 0.228 e. The van der Waals surface area contributed by atoms with Crippen molar-refractivity contribution in [1.29, 1.82) is 0 Å². The Morgan fingerprint density at radius 2 is 2.05 bits per heavy atom. The number of carbonyl (C=O) groups is 2. The Morgan fingerprint density at radius 3 is 2.64 bits per heavy atom. The summed E-state index contributed by atoms with van der Waals surface area (Å²) in [5.41, 5.74) is 0. The maximum absolute atomic E-state index is 12.3. The van der Waals surface area contributed by atoms with E-state index in [4.69, 9.17) is 9.26 Å². The Bertz CT molecular complexity index is 543. The van der Waals surface area contributed by atoms with Gasteiger partial charge in [0.1, 0.15) is 5.76 Å². The molecule has 0 saturated carbocycles. The van der Waals surface area contributed by atoms with Crippen LogP contribution in [0.15, 0.2) is 10.6 Å². The molecule has 7 nitrogen and oxygen atoms in total. The monoisotopic (exact) mass is 307 g/mol. The van der Waals surface area contributed by atoms with Crippen LogP contribution in [0.25, 0.3) is 0 Å². The van der Waals surface area contributed by atoms with E-state index in [0.717, 1.165) is 6.42 Å². The number of hydrogen-bond donors (Lipinski definition) is 1. The first-order valence-electron chi connectivity index (χ1n) is 7.74. The molecule has 7 heteroatoms. The van der Waals surface area contributed by atoms with Crippen LogP contribution in [0.1, 0.15) is 25.0 Å². The number of amides is 2. The molecule has 2 fully saturated rings. The van der Waals surface area contributed by atoms with E-state index < -0.39 is 0 Å². The van der Waals surface area contributed by atoms with E-state index in [9.17, 15) is 9.59 Å². The number of nitrogens with zero attached hydrogens (tertiary/aromatic N) is 2. The van der Waals surface area contributed by atoms with Crippen LogP contribution in [-0.4, -0.2) is 48.2 Å². The molecule has 1 aromatic rings. The largest absolute Gasteiger partial charge is 0.381 e. The average Bonchev–Trinajstić information content (AvgIpc) is 3.18. The zero-order valence-electron chi connectivity index (χ0n) is 12.7. The number of aromatic nitrogens is 1. The third kappa shape index (κ3) is 3.30. The number of rotatable bonds is 3. The van der Waals surface area contributed by atoms with E-state index in [2.05, 4.69) is 10.5 Å². The second-order valence-electron chi connectivity index (χ2n) is 5.97. The summed E-state index contributed by atoms with van der Waals surface area (Å²) < 4.78 is 10.2. The molecule has 22 heavy (non-hydrogen) atoms. The van der Waals surface area contributed by atoms with Crippen molar-refractivity contribution < 1.29 is 18.8 Å². The zero-order chi connectivity index (χ0) is 15.5. The molecule has 2 saturated heterocycles. The van der Waals surface area contributed by atoms with Crippen molar-refractivity contribution in [2.24, 2.45) is 11.8 Å². The highest BCUT2D eigenvalue weighted by Crippen LogP contribution is 2.23. The number of aryl methyl sites for hydroxylation is 1. The first kappa shape index (κ1) is 15.0. The van der Waals surface area contributed by atoms with Crippen LogP contribution < -0.4 is 5.32 Å². The number of anilines is 1. The molecule has 0 bridgehead atoms. The SMILES string of the molecule is Cc1cc(NC(=O)C2CCN(C(=O)[C@H]3CCOC3)CC2)no1. The predicted octanol–water partition coefficient (Wildman–Crippen LogP) is 1.20. The zero-order valence-corrected chi connectivity index (χ0v) is 12.7. The lowest BCUT2D eigenvalue weighted by Gasteiger charge is -2.32. The number of nitrogens with one attached hydrogen (secondary N) is 1. The van der Waals surface area contributed by atoms with Crippen molar-refractivity contribution in [2.45, 2.75) is 26.2 Å². The summed E-state index contributed by atoms with van der Waals surface area (Å²) >= 11 is 0. The standard InChI is InChI=1S/C15H21N3O4/c1-10-8-13(17-22-10)16-14(19)11-2-5-18(6-3-11)15(20)12-4-7-21-9-12/h8,11-12H,2-7,9H2,1H3,(H,16,17,19)/t12-/m0/s1. The van der Waals surface area contributed by atoms with Crippen molar-refractivity contribution in [3.8, 4) is 0 Å². The van der Waals surface area contributed by atoms with Crippen LogP contribution in [0.3, 0.4) is 0 Å². The van der Waals surface area contributed by atoms with Gasteiger partial charge in [-0.2, -0.15) is 0 Å². The second-order valence-corrected chi connectivity index (χ2v) is 5.97. The molecule has 3 heterocycles. The number of hydrogen-bond acceptors (Lipinski definition) is 5. The molecule has 1 aromatic heterocycles. The first-order chi connectivity index (χ1) is 10.6. The minimum atomic E-state index is -0.0825. The highest BCUT2D eigenvalue weighted by Gasteiger charge is 2.32. The Balaban J connectivity index is 1.48. The fourth-order valence-corrected chi connectivity index (χ4v) is 3.00. The highest BCUT2D eigenvalue weighted by molar-refractivity contribution is 5.91. The van der Waals surface area contributed by atoms with Gasteiger partial charge in [-0.1, -0.05) is 5.16 Å². The normalized spacial score (nSPS) is 22.8. The van der Waals surface area contributed by atoms with Gasteiger partial charge in [0.25, 0.3) is 0 Å². The molecule has 0 radical (unpaired) electrons. The van der Waals surface area contributed by atoms with Crippen LogP contribution in [-0.2, 0) is 14.3 Å². The second kappa shape index (κ2) is 6.48. The molecular weight excluding hydrogens is 286 g/mol. The average molecular weight is 307 g/mol. The number of ether oxygens (including phenoxy) is 1. The molecule has 0 aliphatic carbocycles. The first-order valence-corrected chi connectivity index (χ1v) is 7.74. The molecule has 2 aliphatic rings. The highest BCUT2D eigenvalue weighted by atomic mass is 16.5. The van der Waals surface area contributed by atoms with E-state index in [1.807, 2.05) is 4.90 Å². The quantitative estimate of drug-likeness (QED) is 0.907. The van der Waals surface area contributed by atoms with Crippen molar-refractivity contribution in [3.63, 3.8) is 0 Å². The van der Waals surface area contributed by atoms with E-state index >= 15 is 0 Å². The topological polar surface area (TPSA) is 84.7 Å². The number of piperidine rings is 1. The summed E-state index contributed by atoms with van der Waals surface area (Å²) in [5, 5.41) is 6.53. The van der Waals surface area contributed by atoms with Crippen LogP contribution in [0, 0.1) is 18.8 Å². The van der Waals surface area contributed by atoms with Crippen molar-refractivity contribution in [1.82, 2.24) is 10.1 Å². The van der Waals surface area contributed by atoms with Crippen LogP contribution >= 0.6 is 0 Å². The molecule has 0 spiro atoms. The third-order valence-electron chi connectivity index (χ3n) is 4.34. The van der Waals surface area contributed by atoms with Gasteiger partial charge in [-0.3, -0.25) is 9.59 Å². The van der Waals surface area contributed by atoms with Gasteiger partial charge in [-0.25, -0.2) is 0 Å². The summed E-state index contributed by atoms with van der Waals surface area (Å²) in [7, 11) is 0. The third-order valence-corrected chi connectivity index (χ3v) is 4.34. The fourth-order valence-electron chi connectivity index (χ4n) is 3.00. The van der Waals surface area contributed by atoms with Crippen LogP contribution in [0.5, 0.6) is 0 Å². The van der Waals surface area contributed by atoms with Gasteiger partial charge < -0.3 is 19.5 Å². The summed E-state index contributed by atoms with van der Waals surface area (Å²) in [4.78, 5) is 26.4. The van der Waals surface area contributed by atoms with Crippen LogP contribution in [0.2, 0.25) is 0 Å². The van der Waals surface area contributed by atoms with E-state index in [1.54, 1.807) is 13.0 Å². The summed E-state index contributed by atoms with van der Waals surface area (Å²) in [5.74, 6) is 1.15. The maximum Gasteiger partial charge on any atom is 0.228 e. The van der Waals surface area contributed by atoms with E-state index in [-0.39, 0.29) is 23.7 Å². The van der Waals surface area contributed by atoms with Gasteiger partial charge in [-0.05, 0) is 26.2 Å². The molecule has 120 valence electrons. The van der Waals surface area contributed by atoms with Crippen molar-refractivity contribution in [3.05, 3.63) is 11.8 Å². The van der Waals surface area contributed by atoms with Crippen molar-refractivity contribution in [2.75, 3.05) is 31.6 Å². The lowest BCUT2D eigenvalue weighted by molar-refractivity contribution is -0.138. The molecule has 2 amide bonds. The summed E-state index contributed by atoms with van der Waals surface area (Å²) in [6.45, 7) is 4.24. The lowest BCUT2D eigenvalue weighted by atomic mass is 9.94. The minimum absolute atomic E-state index is 0.00322. The van der Waals surface area contributed by atoms with Gasteiger partial charge in [0.2, 0.25) is 11.8 Å². The minimum Gasteiger partial charge on any atom is -0.381 e. The molecule has 0 aromatic carbocycles. The number of carbonyl (C=O) groups excluding carboxylic acids is 2. The lowest BCUT2D eigenvalue weighted by Crippen LogP contribution is -2.44. The molecular formula is C15H21N3O4. The van der Waals surface area contributed by atoms with Gasteiger partial charge in [-0.15, -0.1) is 0 Å². The number of likely N-dealkylation sites (tertiary alicyclic amines) is 1. The molecule has 0 unspecified atom stereocenters. The molecule has 3 rings (SSSR count). The Labute approximate surface area is 129 Å². The molecule has 1 N–H and O–H groups in total. The Morgan fingerprint density at radius 1 is 1.27 bits per heavy atom. The van der Waals surface area contributed by atoms with E-state index in [1.165, 1.54) is 0 Å². The van der Waals surface area contributed by atoms with Crippen molar-refractivity contribution >= 4 is 17.6 Å². The molecule has 1 atom stereocenters. The van der Waals surface area contributed by atoms with Gasteiger partial charge in [0, 0.05) is 31.7 Å². The van der Waals surface area contributed by atoms with Gasteiger partial charge in [0.05, 0.1) is 12.5 Å². The van der Waals surface area contributed by atoms with Gasteiger partial charge in [0.15, 0.2) is 5.82 Å². The van der Waals surface area contributed by atoms with E-state index in [0.29, 0.717) is 50.7 Å². The summed E-state index contributed by atoms with van der Waals surface area (Å²) in [6, 6.07) is 1.69. The Hall–Kier alpha value is -1.89. The van der Waals surface area contributed by atoms with Crippen LogP contribution in [0.4, 0.5) is 5.82 Å². The molecule has 2 aliphatic heterocycles. The fraction of sp³-hybridized carbons (Fsp3) is 0.667. The van der Waals surface area contributed by atoms with Gasteiger partial charge >= 0.3 is 0 Å². The summed E-state index contributed by atoms with van der Waals surface area (Å²) in [6.07, 6.45) is 2.18.